The monoisotopic (exact) mass is 626 g/mol. The molecule has 3 heterocycles. The van der Waals surface area contributed by atoms with E-state index in [-0.39, 0.29) is 25.4 Å². The van der Waals surface area contributed by atoms with Crippen LogP contribution in [-0.2, 0) is 18.3 Å². The van der Waals surface area contributed by atoms with Crippen LogP contribution < -0.4 is 5.73 Å². The zero-order chi connectivity index (χ0) is 29.9. The number of nitrogens with zero attached hydrogens (tertiary/aromatic N) is 3. The number of aromatic nitrogens is 3. The molecule has 1 aliphatic heterocycles. The Hall–Kier alpha value is -1.16. The van der Waals surface area contributed by atoms with Crippen LogP contribution in [0, 0.1) is 0 Å². The number of rotatable bonds is 25. The van der Waals surface area contributed by atoms with Gasteiger partial charge in [-0.15, -0.1) is 0 Å². The van der Waals surface area contributed by atoms with Gasteiger partial charge < -0.3 is 15.4 Å². The van der Waals surface area contributed by atoms with Crippen LogP contribution in [0.3, 0.4) is 0 Å². The maximum Gasteiger partial charge on any atom is 0.472 e. The lowest BCUT2D eigenvalue weighted by Gasteiger charge is -2.16. The molecule has 42 heavy (non-hydrogen) atoms. The number of thioether (sulfide) groups is 1. The van der Waals surface area contributed by atoms with E-state index in [4.69, 9.17) is 19.5 Å². The highest BCUT2D eigenvalue weighted by Gasteiger charge is 2.31. The van der Waals surface area contributed by atoms with Crippen molar-refractivity contribution in [3.05, 3.63) is 24.2 Å². The first-order valence-electron chi connectivity index (χ1n) is 16.4. The van der Waals surface area contributed by atoms with Gasteiger partial charge in [0.1, 0.15) is 17.9 Å². The van der Waals surface area contributed by atoms with Gasteiger partial charge in [0.15, 0.2) is 5.82 Å². The van der Waals surface area contributed by atoms with Gasteiger partial charge in [-0.1, -0.05) is 96.8 Å². The largest absolute Gasteiger partial charge is 0.472 e. The molecule has 0 aromatic carbocycles. The third-order valence-electron chi connectivity index (χ3n) is 7.95. The number of hydrogen-bond acceptors (Lipinski definition) is 8. The lowest BCUT2D eigenvalue weighted by molar-refractivity contribution is 0.00498. The van der Waals surface area contributed by atoms with Crippen LogP contribution >= 0.6 is 19.6 Å². The molecule has 0 bridgehead atoms. The SMILES string of the molecule is CCCCCCCCCCCCCCCCCSCCCOP(=O)(O)OCC1CCC(c2ccc3c(N)ncnn23)O1. The van der Waals surface area contributed by atoms with Gasteiger partial charge in [-0.25, -0.2) is 14.1 Å². The van der Waals surface area contributed by atoms with E-state index in [9.17, 15) is 9.46 Å². The summed E-state index contributed by atoms with van der Waals surface area (Å²) in [5.41, 5.74) is 7.53. The Balaban J connectivity index is 1.10. The fourth-order valence-electron chi connectivity index (χ4n) is 5.50. The number of hydrogen-bond donors (Lipinski definition) is 2. The fourth-order valence-corrected chi connectivity index (χ4v) is 7.22. The standard InChI is InChI=1S/C31H55N4O5PS/c1-2-3-4-5-6-7-8-9-10-11-12-13-14-15-16-23-42-24-17-22-38-41(36,37)39-25-27-18-21-30(40-27)28-19-20-29-31(32)33-26-34-35(28)29/h19-20,26-27,30H,2-18,21-25H2,1H3,(H,36,37)(H2,32,33,34). The van der Waals surface area contributed by atoms with Crippen LogP contribution in [-0.4, -0.2) is 50.3 Å². The van der Waals surface area contributed by atoms with Crippen molar-refractivity contribution >= 4 is 30.9 Å². The van der Waals surface area contributed by atoms with Gasteiger partial charge in [-0.2, -0.15) is 16.9 Å². The second-order valence-electron chi connectivity index (χ2n) is 11.5. The van der Waals surface area contributed by atoms with Gasteiger partial charge in [-0.3, -0.25) is 9.05 Å². The first kappa shape index (κ1) is 35.3. The Morgan fingerprint density at radius 1 is 0.929 bits per heavy atom. The van der Waals surface area contributed by atoms with E-state index in [0.717, 1.165) is 35.6 Å². The molecule has 3 atom stereocenters. The van der Waals surface area contributed by atoms with Gasteiger partial charge in [-0.05, 0) is 49.3 Å². The van der Waals surface area contributed by atoms with E-state index >= 15 is 0 Å². The highest BCUT2D eigenvalue weighted by Crippen LogP contribution is 2.44. The Labute approximate surface area is 257 Å². The van der Waals surface area contributed by atoms with Crippen molar-refractivity contribution in [1.29, 1.82) is 0 Å². The van der Waals surface area contributed by atoms with E-state index in [1.54, 1.807) is 4.52 Å². The number of nitrogens with two attached hydrogens (primary N) is 1. The van der Waals surface area contributed by atoms with Gasteiger partial charge in [0.05, 0.1) is 25.0 Å². The molecule has 0 saturated carbocycles. The number of ether oxygens (including phenoxy) is 1. The predicted molar refractivity (Wildman–Crippen MR) is 173 cm³/mol. The number of nitrogen functional groups attached to an aromatic ring is 1. The molecule has 3 rings (SSSR count). The predicted octanol–water partition coefficient (Wildman–Crippen LogP) is 8.66. The normalized spacial score (nSPS) is 18.6. The number of phosphoric acid groups is 1. The van der Waals surface area contributed by atoms with Crippen LogP contribution in [0.2, 0.25) is 0 Å². The van der Waals surface area contributed by atoms with Crippen molar-refractivity contribution in [3.63, 3.8) is 0 Å². The molecule has 9 nitrogen and oxygen atoms in total. The summed E-state index contributed by atoms with van der Waals surface area (Å²) < 4.78 is 30.5. The van der Waals surface area contributed by atoms with E-state index in [1.807, 2.05) is 23.9 Å². The van der Waals surface area contributed by atoms with E-state index in [1.165, 1.54) is 103 Å². The number of unbranched alkanes of at least 4 members (excludes halogenated alkanes) is 14. The van der Waals surface area contributed by atoms with Crippen LogP contribution in [0.4, 0.5) is 5.82 Å². The highest BCUT2D eigenvalue weighted by molar-refractivity contribution is 7.99. The third-order valence-corrected chi connectivity index (χ3v) is 10.1. The molecule has 1 aliphatic rings. The van der Waals surface area contributed by atoms with Crippen LogP contribution in [0.5, 0.6) is 0 Å². The Morgan fingerprint density at radius 3 is 2.21 bits per heavy atom. The zero-order valence-corrected chi connectivity index (χ0v) is 27.5. The Morgan fingerprint density at radius 2 is 1.55 bits per heavy atom. The van der Waals surface area contributed by atoms with Gasteiger partial charge in [0, 0.05) is 0 Å². The fraction of sp³-hybridized carbons (Fsp3) is 0.806. The van der Waals surface area contributed by atoms with E-state index in [2.05, 4.69) is 17.0 Å². The molecule has 11 heteroatoms. The molecule has 0 spiro atoms. The van der Waals surface area contributed by atoms with E-state index < -0.39 is 7.82 Å². The van der Waals surface area contributed by atoms with Crippen molar-refractivity contribution in [2.45, 2.75) is 135 Å². The molecule has 3 N–H and O–H groups in total. The van der Waals surface area contributed by atoms with Crippen molar-refractivity contribution in [2.75, 3.05) is 30.5 Å². The minimum Gasteiger partial charge on any atom is -0.382 e. The molecule has 2 aromatic rings. The molecular weight excluding hydrogens is 571 g/mol. The molecule has 0 aliphatic carbocycles. The lowest BCUT2D eigenvalue weighted by Crippen LogP contribution is -2.15. The smallest absolute Gasteiger partial charge is 0.382 e. The summed E-state index contributed by atoms with van der Waals surface area (Å²) in [7, 11) is -4.10. The van der Waals surface area contributed by atoms with Crippen molar-refractivity contribution < 1.29 is 23.2 Å². The van der Waals surface area contributed by atoms with Crippen molar-refractivity contribution in [2.24, 2.45) is 0 Å². The lowest BCUT2D eigenvalue weighted by atomic mass is 10.0. The van der Waals surface area contributed by atoms with Gasteiger partial charge in [0.25, 0.3) is 0 Å². The molecule has 1 fully saturated rings. The van der Waals surface area contributed by atoms with Crippen LogP contribution in [0.15, 0.2) is 18.5 Å². The highest BCUT2D eigenvalue weighted by atomic mass is 32.2. The molecule has 3 unspecified atom stereocenters. The van der Waals surface area contributed by atoms with Crippen LogP contribution in [0.1, 0.15) is 134 Å². The van der Waals surface area contributed by atoms with Gasteiger partial charge >= 0.3 is 7.82 Å². The molecular formula is C31H55N4O5PS. The second-order valence-corrected chi connectivity index (χ2v) is 14.2. The van der Waals surface area contributed by atoms with E-state index in [0.29, 0.717) is 12.2 Å². The minimum absolute atomic E-state index is 0.0126. The number of fused-ring (bicyclic) bond motifs is 1. The second kappa shape index (κ2) is 20.7. The summed E-state index contributed by atoms with van der Waals surface area (Å²) in [5.74, 6) is 2.48. The molecule has 0 radical (unpaired) electrons. The third kappa shape index (κ3) is 13.6. The zero-order valence-electron chi connectivity index (χ0n) is 25.8. The summed E-state index contributed by atoms with van der Waals surface area (Å²) >= 11 is 1.89. The number of phosphoric ester groups is 1. The van der Waals surface area contributed by atoms with Crippen molar-refractivity contribution in [1.82, 2.24) is 14.6 Å². The summed E-state index contributed by atoms with van der Waals surface area (Å²) in [4.78, 5) is 14.1. The van der Waals surface area contributed by atoms with Gasteiger partial charge in [0.2, 0.25) is 0 Å². The number of anilines is 1. The van der Waals surface area contributed by atoms with Crippen LogP contribution in [0.25, 0.3) is 5.52 Å². The average Bonchev–Trinajstić information content (AvgIpc) is 3.63. The summed E-state index contributed by atoms with van der Waals surface area (Å²) in [5, 5.41) is 4.26. The topological polar surface area (TPSA) is 121 Å². The van der Waals surface area contributed by atoms with Crippen molar-refractivity contribution in [3.8, 4) is 0 Å². The first-order valence-corrected chi connectivity index (χ1v) is 19.1. The Kier molecular flexibility index (Phi) is 17.4. The summed E-state index contributed by atoms with van der Waals surface area (Å²) in [6, 6.07) is 3.79. The maximum atomic E-state index is 12.3. The summed E-state index contributed by atoms with van der Waals surface area (Å²) in [6.45, 7) is 2.50. The average molecular weight is 627 g/mol. The molecule has 0 amide bonds. The molecule has 240 valence electrons. The summed E-state index contributed by atoms with van der Waals surface area (Å²) in [6.07, 6.45) is 23.9. The quantitative estimate of drug-likeness (QED) is 0.0823. The molecule has 2 aromatic heterocycles. The Bertz CT molecular complexity index is 1040. The first-order chi connectivity index (χ1) is 20.5. The minimum atomic E-state index is -4.10. The maximum absolute atomic E-state index is 12.3. The molecule has 1 saturated heterocycles.